The quantitative estimate of drug-likeness (QED) is 0.539. The molecule has 0 aromatic heterocycles. The highest BCUT2D eigenvalue weighted by Crippen LogP contribution is 2.29. The summed E-state index contributed by atoms with van der Waals surface area (Å²) < 4.78 is 31.8. The van der Waals surface area contributed by atoms with E-state index in [-0.39, 0.29) is 24.2 Å². The smallest absolute Gasteiger partial charge is 0.244 e. The lowest BCUT2D eigenvalue weighted by molar-refractivity contribution is -0.139. The largest absolute Gasteiger partial charge is 0.495 e. The van der Waals surface area contributed by atoms with Gasteiger partial charge in [0, 0.05) is 12.6 Å². The van der Waals surface area contributed by atoms with Gasteiger partial charge >= 0.3 is 0 Å². The number of anilines is 1. The monoisotopic (exact) mass is 501 g/mol. The minimum atomic E-state index is -3.82. The molecule has 2 aromatic rings. The Hall–Kier alpha value is -3.07. The van der Waals surface area contributed by atoms with Crippen molar-refractivity contribution < 1.29 is 22.7 Å². The van der Waals surface area contributed by atoms with E-state index in [0.717, 1.165) is 47.4 Å². The van der Waals surface area contributed by atoms with Crippen LogP contribution in [-0.4, -0.2) is 57.1 Å². The fourth-order valence-electron chi connectivity index (χ4n) is 4.41. The Bertz CT molecular complexity index is 1150. The number of carbonyl (C=O) groups excluding carboxylic acids is 2. The van der Waals surface area contributed by atoms with Crippen LogP contribution in [0.25, 0.3) is 0 Å². The Labute approximate surface area is 208 Å². The van der Waals surface area contributed by atoms with Crippen LogP contribution in [0.3, 0.4) is 0 Å². The average Bonchev–Trinajstić information content (AvgIpc) is 3.32. The Balaban J connectivity index is 1.90. The summed E-state index contributed by atoms with van der Waals surface area (Å²) >= 11 is 0. The van der Waals surface area contributed by atoms with Crippen molar-refractivity contribution >= 4 is 27.5 Å². The van der Waals surface area contributed by atoms with Gasteiger partial charge in [-0.25, -0.2) is 8.42 Å². The predicted octanol–water partition coefficient (Wildman–Crippen LogP) is 3.25. The second kappa shape index (κ2) is 11.6. The normalized spacial score (nSPS) is 14.9. The van der Waals surface area contributed by atoms with Crippen molar-refractivity contribution in [1.82, 2.24) is 10.2 Å². The first kappa shape index (κ1) is 26.5. The van der Waals surface area contributed by atoms with Crippen molar-refractivity contribution in [1.29, 1.82) is 0 Å². The van der Waals surface area contributed by atoms with Gasteiger partial charge in [0.1, 0.15) is 18.3 Å². The van der Waals surface area contributed by atoms with Crippen molar-refractivity contribution in [2.75, 3.05) is 24.2 Å². The van der Waals surface area contributed by atoms with Crippen LogP contribution in [0.2, 0.25) is 0 Å². The zero-order valence-electron chi connectivity index (χ0n) is 20.9. The Morgan fingerprint density at radius 3 is 2.43 bits per heavy atom. The number of amides is 2. The summed E-state index contributed by atoms with van der Waals surface area (Å²) in [5.74, 6) is -0.374. The zero-order chi connectivity index (χ0) is 25.6. The number of para-hydroxylation sites is 2. The minimum Gasteiger partial charge on any atom is -0.495 e. The molecule has 1 fully saturated rings. The second-order valence-electron chi connectivity index (χ2n) is 9.12. The van der Waals surface area contributed by atoms with Crippen LogP contribution in [0.5, 0.6) is 5.75 Å². The van der Waals surface area contributed by atoms with E-state index in [1.807, 2.05) is 31.2 Å². The molecule has 1 atom stereocenters. The molecule has 1 aliphatic rings. The van der Waals surface area contributed by atoms with Gasteiger partial charge in [0.05, 0.1) is 19.1 Å². The lowest BCUT2D eigenvalue weighted by atomic mass is 10.1. The van der Waals surface area contributed by atoms with Gasteiger partial charge in [0.25, 0.3) is 0 Å². The SMILES string of the molecule is COc1ccccc1N(CC(=O)N(Cc1cccc(C)c1)[C@@H](C)C(=O)NC1CCCC1)S(C)(=O)=O. The summed E-state index contributed by atoms with van der Waals surface area (Å²) in [6.07, 6.45) is 5.06. The topological polar surface area (TPSA) is 96.0 Å². The molecular formula is C26H35N3O5S. The average molecular weight is 502 g/mol. The maximum Gasteiger partial charge on any atom is 0.244 e. The Morgan fingerprint density at radius 1 is 1.11 bits per heavy atom. The lowest BCUT2D eigenvalue weighted by Crippen LogP contribution is -2.52. The number of benzene rings is 2. The van der Waals surface area contributed by atoms with Gasteiger partial charge in [-0.3, -0.25) is 13.9 Å². The predicted molar refractivity (Wildman–Crippen MR) is 137 cm³/mol. The first-order valence-electron chi connectivity index (χ1n) is 11.9. The summed E-state index contributed by atoms with van der Waals surface area (Å²) in [6.45, 7) is 3.38. The van der Waals surface area contributed by atoms with Gasteiger partial charge < -0.3 is 15.0 Å². The molecule has 0 unspecified atom stereocenters. The highest BCUT2D eigenvalue weighted by molar-refractivity contribution is 7.92. The highest BCUT2D eigenvalue weighted by Gasteiger charge is 2.32. The number of sulfonamides is 1. The van der Waals surface area contributed by atoms with Crippen molar-refractivity contribution in [3.8, 4) is 5.75 Å². The van der Waals surface area contributed by atoms with Gasteiger partial charge in [-0.15, -0.1) is 0 Å². The van der Waals surface area contributed by atoms with Crippen LogP contribution in [0.4, 0.5) is 5.69 Å². The van der Waals surface area contributed by atoms with Crippen molar-refractivity contribution in [2.24, 2.45) is 0 Å². The molecule has 0 saturated heterocycles. The maximum absolute atomic E-state index is 13.6. The van der Waals surface area contributed by atoms with E-state index in [1.165, 1.54) is 12.0 Å². The van der Waals surface area contributed by atoms with Gasteiger partial charge in [0.2, 0.25) is 21.8 Å². The molecule has 1 saturated carbocycles. The minimum absolute atomic E-state index is 0.113. The van der Waals surface area contributed by atoms with Gasteiger partial charge in [0.15, 0.2) is 0 Å². The molecule has 2 aromatic carbocycles. The number of nitrogens with one attached hydrogen (secondary N) is 1. The number of aryl methyl sites for hydroxylation is 1. The van der Waals surface area contributed by atoms with Gasteiger partial charge in [-0.2, -0.15) is 0 Å². The van der Waals surface area contributed by atoms with E-state index >= 15 is 0 Å². The zero-order valence-corrected chi connectivity index (χ0v) is 21.7. The number of nitrogens with zero attached hydrogens (tertiary/aromatic N) is 2. The Morgan fingerprint density at radius 2 is 1.80 bits per heavy atom. The van der Waals surface area contributed by atoms with Crippen LogP contribution < -0.4 is 14.4 Å². The number of hydrogen-bond donors (Lipinski definition) is 1. The van der Waals surface area contributed by atoms with Crippen LogP contribution in [-0.2, 0) is 26.2 Å². The van der Waals surface area contributed by atoms with E-state index in [9.17, 15) is 18.0 Å². The molecule has 3 rings (SSSR count). The molecular weight excluding hydrogens is 466 g/mol. The molecule has 1 aliphatic carbocycles. The van der Waals surface area contributed by atoms with Crippen molar-refractivity contribution in [3.63, 3.8) is 0 Å². The highest BCUT2D eigenvalue weighted by atomic mass is 32.2. The molecule has 35 heavy (non-hydrogen) atoms. The third-order valence-corrected chi connectivity index (χ3v) is 7.46. The van der Waals surface area contributed by atoms with E-state index in [2.05, 4.69) is 5.32 Å². The van der Waals surface area contributed by atoms with Crippen LogP contribution in [0, 0.1) is 6.92 Å². The van der Waals surface area contributed by atoms with Crippen LogP contribution in [0.15, 0.2) is 48.5 Å². The molecule has 190 valence electrons. The molecule has 0 aliphatic heterocycles. The lowest BCUT2D eigenvalue weighted by Gasteiger charge is -2.32. The number of methoxy groups -OCH3 is 1. The van der Waals surface area contributed by atoms with E-state index in [1.54, 1.807) is 31.2 Å². The summed E-state index contributed by atoms with van der Waals surface area (Å²) in [6, 6.07) is 13.7. The van der Waals surface area contributed by atoms with Gasteiger partial charge in [-0.05, 0) is 44.4 Å². The molecule has 0 spiro atoms. The van der Waals surface area contributed by atoms with E-state index < -0.39 is 28.5 Å². The molecule has 9 heteroatoms. The van der Waals surface area contributed by atoms with Crippen LogP contribution >= 0.6 is 0 Å². The van der Waals surface area contributed by atoms with Gasteiger partial charge in [-0.1, -0.05) is 54.8 Å². The summed E-state index contributed by atoms with van der Waals surface area (Å²) in [4.78, 5) is 28.2. The molecule has 0 heterocycles. The number of ether oxygens (including phenoxy) is 1. The van der Waals surface area contributed by atoms with Crippen molar-refractivity contribution in [3.05, 3.63) is 59.7 Å². The third-order valence-electron chi connectivity index (χ3n) is 6.34. The second-order valence-corrected chi connectivity index (χ2v) is 11.0. The summed E-state index contributed by atoms with van der Waals surface area (Å²) in [5, 5.41) is 3.06. The fraction of sp³-hybridized carbons (Fsp3) is 0.462. The van der Waals surface area contributed by atoms with Crippen molar-refractivity contribution in [2.45, 2.75) is 58.2 Å². The fourth-order valence-corrected chi connectivity index (χ4v) is 5.27. The standard InChI is InChI=1S/C26H35N3O5S/c1-19-10-9-11-21(16-19)17-28(20(2)26(31)27-22-12-5-6-13-22)25(30)18-29(35(4,32)33)23-14-7-8-15-24(23)34-3/h7-11,14-16,20,22H,5-6,12-13,17-18H2,1-4H3,(H,27,31)/t20-/m0/s1. The summed E-state index contributed by atoms with van der Waals surface area (Å²) in [5.41, 5.74) is 2.16. The molecule has 0 radical (unpaired) electrons. The first-order chi connectivity index (χ1) is 16.6. The molecule has 1 N–H and O–H groups in total. The molecule has 2 amide bonds. The van der Waals surface area contributed by atoms with E-state index in [4.69, 9.17) is 4.74 Å². The number of rotatable bonds is 10. The molecule has 8 nitrogen and oxygen atoms in total. The Kier molecular flexibility index (Phi) is 8.77. The maximum atomic E-state index is 13.6. The molecule has 0 bridgehead atoms. The van der Waals surface area contributed by atoms with E-state index in [0.29, 0.717) is 5.75 Å². The number of carbonyl (C=O) groups is 2. The number of hydrogen-bond acceptors (Lipinski definition) is 5. The third kappa shape index (κ3) is 6.97. The summed E-state index contributed by atoms with van der Waals surface area (Å²) in [7, 11) is -2.37. The first-order valence-corrected chi connectivity index (χ1v) is 13.7. The van der Waals surface area contributed by atoms with Crippen LogP contribution in [0.1, 0.15) is 43.7 Å².